The molecule has 7 unspecified atom stereocenters. The minimum Gasteiger partial charge on any atom is -0.481 e. The number of hydrogen-bond donors (Lipinski definition) is 3. The molecular weight excluding hydrogens is 1550 g/mol. The molecule has 1 aliphatic carbocycles. The average Bonchev–Trinajstić information content (AvgIpc) is 0.737. The van der Waals surface area contributed by atoms with Crippen LogP contribution in [-0.2, 0) is 114 Å². The molecule has 2 aromatic carbocycles. The summed E-state index contributed by atoms with van der Waals surface area (Å²) in [6.45, 7) is 52.5. The molecule has 7 atom stereocenters. The standard InChI is InChI=1S/C22H35NO3.C14H20O6.C14H14O6.C11H20O2.C10H14O6.2C7H12O3.4CH4/c1-8-21(6)15-20(25-18(5)24)16(3)22(7,9-2)23(21)26-17(4)19-13-11-10-12-14-19;2*1-9(2)13(17)19-7-8-20-14(18)11-6-4-3-5-10(11)12(15)16;1-9(2)10(12)13-8-6-7-11(3,4)5;1-7(2)10(14)16-6-5-15-9(13)4-3-8(11)12;2*1-6(2)7(8)10-5-4-9-3;;;;/h10-14,16-17,20H,8-9,15H2,1-7H3;10-11H,1,3-8H2,2H3,(H,15,16);3-6H,1,7-8H2,2H3,(H,15,16);1,6-8H2,2-5H3;1,3-6H2,2H3,(H,11,12);2*1,4-5H2,2-3H3;4*1H4. The van der Waals surface area contributed by atoms with Crippen LogP contribution in [0.2, 0.25) is 0 Å². The van der Waals surface area contributed by atoms with Gasteiger partial charge >= 0.3 is 77.6 Å². The molecule has 119 heavy (non-hydrogen) atoms. The van der Waals surface area contributed by atoms with Crippen molar-refractivity contribution in [1.29, 1.82) is 0 Å². The number of carboxylic acids is 3. The summed E-state index contributed by atoms with van der Waals surface area (Å²) in [5, 5.41) is 28.5. The lowest BCUT2D eigenvalue weighted by molar-refractivity contribution is -0.336. The van der Waals surface area contributed by atoms with E-state index >= 15 is 0 Å². The molecule has 678 valence electrons. The summed E-state index contributed by atoms with van der Waals surface area (Å²) in [4.78, 5) is 150. The number of methoxy groups -OCH3 is 2. The fourth-order valence-electron chi connectivity index (χ4n) is 10.00. The molecule has 0 aromatic heterocycles. The minimum atomic E-state index is -1.22. The zero-order valence-corrected chi connectivity index (χ0v) is 70.8. The highest BCUT2D eigenvalue weighted by Gasteiger charge is 2.55. The van der Waals surface area contributed by atoms with Gasteiger partial charge < -0.3 is 72.2 Å². The number of carboxylic acid groups (broad SMARTS) is 3. The van der Waals surface area contributed by atoms with Crippen molar-refractivity contribution in [3.63, 3.8) is 0 Å². The van der Waals surface area contributed by atoms with Crippen LogP contribution in [0.3, 0.4) is 0 Å². The van der Waals surface area contributed by atoms with Crippen molar-refractivity contribution in [2.24, 2.45) is 23.2 Å². The molecule has 1 heterocycles. The quantitative estimate of drug-likeness (QED) is 0.0245. The van der Waals surface area contributed by atoms with Crippen molar-refractivity contribution in [3.8, 4) is 0 Å². The fourth-order valence-corrected chi connectivity index (χ4v) is 10.00. The number of rotatable bonds is 37. The summed E-state index contributed by atoms with van der Waals surface area (Å²) < 4.78 is 58.0. The minimum absolute atomic E-state index is 0. The molecular formula is C89H143NO29. The highest BCUT2D eigenvalue weighted by molar-refractivity contribution is 6.02. The number of carbonyl (C=O) groups excluding carboxylic acids is 10. The van der Waals surface area contributed by atoms with Crippen LogP contribution in [0.25, 0.3) is 0 Å². The van der Waals surface area contributed by atoms with Gasteiger partial charge in [0.1, 0.15) is 65.1 Å². The Hall–Kier alpha value is -10.2. The first-order valence-electron chi connectivity index (χ1n) is 37.6. The highest BCUT2D eigenvalue weighted by Crippen LogP contribution is 2.48. The van der Waals surface area contributed by atoms with Crippen LogP contribution in [0.1, 0.15) is 243 Å². The maximum atomic E-state index is 11.8. The maximum Gasteiger partial charge on any atom is 0.339 e. The van der Waals surface area contributed by atoms with E-state index in [4.69, 9.17) is 48.6 Å². The van der Waals surface area contributed by atoms with Gasteiger partial charge in [0.05, 0.1) is 55.6 Å². The van der Waals surface area contributed by atoms with Crippen LogP contribution in [0.4, 0.5) is 0 Å². The summed E-state index contributed by atoms with van der Waals surface area (Å²) in [7, 11) is 3.10. The lowest BCUT2D eigenvalue weighted by atomic mass is 9.69. The number of aliphatic carboxylic acids is 2. The Kier molecular flexibility index (Phi) is 68.4. The topological polar surface area (TPSA) is 406 Å². The third-order valence-electron chi connectivity index (χ3n) is 16.9. The van der Waals surface area contributed by atoms with Gasteiger partial charge in [0.2, 0.25) is 0 Å². The lowest BCUT2D eigenvalue weighted by Gasteiger charge is -2.59. The SMILES string of the molecule is C.C.C.C.C=C(C)C(=O)OCCCC(C)(C)C.C=C(C)C(=O)OCCOC.C=C(C)C(=O)OCCOC.C=C(C)C(=O)OCCOC(=O)C1CCCCC1C(=O)O.C=C(C)C(=O)OCCOC(=O)CCC(=O)O.C=C(C)C(=O)OCCOC(=O)c1ccccc1C(=O)O.CCC1(C)CC(OC(C)=O)C(C)C(C)(CC)N1OC(C)c1ccccc1. The first kappa shape index (κ1) is 122. The summed E-state index contributed by atoms with van der Waals surface area (Å²) in [6, 6.07) is 16.0. The Morgan fingerprint density at radius 1 is 0.496 bits per heavy atom. The number of nitrogens with zero attached hydrogens (tertiary/aromatic N) is 1. The van der Waals surface area contributed by atoms with Crippen molar-refractivity contribution in [2.75, 3.05) is 86.9 Å². The second-order valence-corrected chi connectivity index (χ2v) is 28.4. The highest BCUT2D eigenvalue weighted by atomic mass is 16.7. The van der Waals surface area contributed by atoms with E-state index < -0.39 is 65.6 Å². The molecule has 1 saturated heterocycles. The Balaban J connectivity index is -0.000000251. The number of aromatic carboxylic acids is 1. The van der Waals surface area contributed by atoms with Crippen LogP contribution >= 0.6 is 0 Å². The zero-order chi connectivity index (χ0) is 88.8. The Labute approximate surface area is 707 Å². The molecule has 30 heteroatoms. The first-order valence-corrected chi connectivity index (χ1v) is 37.6. The van der Waals surface area contributed by atoms with Gasteiger partial charge in [-0.2, -0.15) is 5.06 Å². The van der Waals surface area contributed by atoms with E-state index in [2.05, 4.69) is 147 Å². The predicted molar refractivity (Wildman–Crippen MR) is 454 cm³/mol. The largest absolute Gasteiger partial charge is 0.481 e. The number of carbonyl (C=O) groups is 13. The Bertz CT molecular complexity index is 3470. The zero-order valence-electron chi connectivity index (χ0n) is 70.8. The van der Waals surface area contributed by atoms with E-state index in [0.717, 1.165) is 44.9 Å². The van der Waals surface area contributed by atoms with Gasteiger partial charge in [-0.25, -0.2) is 38.4 Å². The molecule has 2 aliphatic rings. The van der Waals surface area contributed by atoms with Crippen molar-refractivity contribution in [3.05, 3.63) is 144 Å². The third kappa shape index (κ3) is 54.5. The summed E-state index contributed by atoms with van der Waals surface area (Å²) >= 11 is 0. The van der Waals surface area contributed by atoms with E-state index in [9.17, 15) is 62.3 Å². The summed E-state index contributed by atoms with van der Waals surface area (Å²) in [5.74, 6) is -9.15. The Morgan fingerprint density at radius 3 is 1.23 bits per heavy atom. The van der Waals surface area contributed by atoms with Crippen LogP contribution in [0, 0.1) is 23.2 Å². The van der Waals surface area contributed by atoms with E-state index in [1.807, 2.05) is 18.2 Å². The van der Waals surface area contributed by atoms with E-state index in [-0.39, 0.29) is 163 Å². The van der Waals surface area contributed by atoms with Crippen LogP contribution in [-0.4, -0.2) is 202 Å². The van der Waals surface area contributed by atoms with E-state index in [1.54, 1.807) is 35.0 Å². The number of hydroxylamine groups is 2. The molecule has 3 N–H and O–H groups in total. The molecule has 4 rings (SSSR count). The van der Waals surface area contributed by atoms with Gasteiger partial charge in [0.25, 0.3) is 0 Å². The van der Waals surface area contributed by atoms with Crippen LogP contribution in [0.5, 0.6) is 0 Å². The Morgan fingerprint density at radius 2 is 0.866 bits per heavy atom. The lowest BCUT2D eigenvalue weighted by Crippen LogP contribution is -2.68. The van der Waals surface area contributed by atoms with Crippen molar-refractivity contribution in [1.82, 2.24) is 5.06 Å². The van der Waals surface area contributed by atoms with E-state index in [0.29, 0.717) is 68.0 Å². The average molecular weight is 1690 g/mol. The number of benzene rings is 2. The third-order valence-corrected chi connectivity index (χ3v) is 16.9. The van der Waals surface area contributed by atoms with Crippen LogP contribution < -0.4 is 0 Å². The maximum absolute atomic E-state index is 11.8. The number of hydrogen-bond acceptors (Lipinski definition) is 27. The predicted octanol–water partition coefficient (Wildman–Crippen LogP) is 16.0. The first-order chi connectivity index (χ1) is 53.7. The molecule has 0 radical (unpaired) electrons. The van der Waals surface area contributed by atoms with Crippen molar-refractivity contribution in [2.45, 2.75) is 234 Å². The van der Waals surface area contributed by atoms with E-state index in [1.165, 1.54) is 57.5 Å². The fraction of sp³-hybridized carbons (Fsp3) is 0.584. The molecule has 0 amide bonds. The van der Waals surface area contributed by atoms with Gasteiger partial charge in [0.15, 0.2) is 0 Å². The van der Waals surface area contributed by atoms with Crippen molar-refractivity contribution < 1.29 is 139 Å². The van der Waals surface area contributed by atoms with Gasteiger partial charge in [-0.3, -0.25) is 28.8 Å². The molecule has 0 bridgehead atoms. The molecule has 0 spiro atoms. The number of ether oxygens (including phenoxy) is 12. The van der Waals surface area contributed by atoms with Gasteiger partial charge in [-0.1, -0.05) is 166 Å². The smallest absolute Gasteiger partial charge is 0.339 e. The second-order valence-electron chi connectivity index (χ2n) is 28.4. The van der Waals surface area contributed by atoms with Crippen molar-refractivity contribution >= 4 is 77.6 Å². The second kappa shape index (κ2) is 66.7. The normalized spacial score (nSPS) is 16.6. The molecule has 1 saturated carbocycles. The molecule has 1 aliphatic heterocycles. The van der Waals surface area contributed by atoms with Gasteiger partial charge in [-0.05, 0) is 124 Å². The van der Waals surface area contributed by atoms with Gasteiger partial charge in [-0.15, -0.1) is 0 Å². The summed E-state index contributed by atoms with van der Waals surface area (Å²) in [6.07, 6.45) is 6.69. The molecule has 2 aromatic rings. The van der Waals surface area contributed by atoms with Gasteiger partial charge in [0, 0.05) is 78.0 Å². The number of piperidine rings is 1. The number of esters is 10. The molecule has 2 fully saturated rings. The molecule has 30 nitrogen and oxygen atoms in total. The van der Waals surface area contributed by atoms with Crippen LogP contribution in [0.15, 0.2) is 128 Å². The monoisotopic (exact) mass is 1690 g/mol. The summed E-state index contributed by atoms with van der Waals surface area (Å²) in [5.41, 5.74) is 2.95.